The van der Waals surface area contributed by atoms with Crippen molar-refractivity contribution in [2.75, 3.05) is 19.5 Å². The summed E-state index contributed by atoms with van der Waals surface area (Å²) in [6, 6.07) is 14.5. The largest absolute Gasteiger partial charge is 0.497 e. The Morgan fingerprint density at radius 3 is 2.39 bits per heavy atom. The fourth-order valence-electron chi connectivity index (χ4n) is 3.29. The van der Waals surface area contributed by atoms with E-state index in [1.54, 1.807) is 49.2 Å². The Labute approximate surface area is 194 Å². The Bertz CT molecular complexity index is 1310. The summed E-state index contributed by atoms with van der Waals surface area (Å²) < 4.78 is 13.6. The number of rotatable bonds is 8. The van der Waals surface area contributed by atoms with E-state index in [0.29, 0.717) is 28.8 Å². The highest BCUT2D eigenvalue weighted by molar-refractivity contribution is 8.00. The average Bonchev–Trinajstić information content (AvgIpc) is 3.26. The van der Waals surface area contributed by atoms with Crippen molar-refractivity contribution in [2.24, 2.45) is 0 Å². The molecule has 1 atom stereocenters. The standard InChI is InChI=1S/C23H23N5O4S/c1-4-19(21(29)24-15-12-17(31-2)14-18(13-15)32-3)33-23-26-25-20-22(30)27(10-11-28(20)23)16-8-6-5-7-9-16/h5-14,19H,4H2,1-3H3,(H,24,29)/t19-/m0/s1. The molecular weight excluding hydrogens is 442 g/mol. The quantitative estimate of drug-likeness (QED) is 0.398. The zero-order chi connectivity index (χ0) is 23.4. The average molecular weight is 466 g/mol. The zero-order valence-electron chi connectivity index (χ0n) is 18.4. The Hall–Kier alpha value is -3.79. The third-order valence-electron chi connectivity index (χ3n) is 5.00. The molecular formula is C23H23N5O4S. The van der Waals surface area contributed by atoms with Gasteiger partial charge in [-0.05, 0) is 18.6 Å². The molecule has 0 aliphatic rings. The normalized spacial score (nSPS) is 11.8. The van der Waals surface area contributed by atoms with Crippen molar-refractivity contribution in [3.8, 4) is 17.2 Å². The van der Waals surface area contributed by atoms with Crippen molar-refractivity contribution in [1.29, 1.82) is 0 Å². The number of methoxy groups -OCH3 is 2. The van der Waals surface area contributed by atoms with Crippen LogP contribution in [0.2, 0.25) is 0 Å². The first-order chi connectivity index (χ1) is 16.0. The van der Waals surface area contributed by atoms with Gasteiger partial charge in [0.1, 0.15) is 11.5 Å². The number of nitrogens with one attached hydrogen (secondary N) is 1. The Morgan fingerprint density at radius 2 is 1.76 bits per heavy atom. The number of thioether (sulfide) groups is 1. The number of aromatic nitrogens is 4. The predicted molar refractivity (Wildman–Crippen MR) is 127 cm³/mol. The van der Waals surface area contributed by atoms with Gasteiger partial charge in [0, 0.05) is 42.0 Å². The second kappa shape index (κ2) is 9.78. The molecule has 0 aliphatic carbocycles. The fourth-order valence-corrected chi connectivity index (χ4v) is 4.23. The summed E-state index contributed by atoms with van der Waals surface area (Å²) in [6.45, 7) is 1.91. The molecule has 33 heavy (non-hydrogen) atoms. The van der Waals surface area contributed by atoms with E-state index in [0.717, 1.165) is 5.69 Å². The lowest BCUT2D eigenvalue weighted by atomic mass is 10.2. The molecule has 10 heteroatoms. The van der Waals surface area contributed by atoms with E-state index in [9.17, 15) is 9.59 Å². The van der Waals surface area contributed by atoms with Crippen molar-refractivity contribution in [1.82, 2.24) is 19.2 Å². The number of anilines is 1. The second-order valence-electron chi connectivity index (χ2n) is 7.09. The minimum absolute atomic E-state index is 0.191. The molecule has 4 aromatic rings. The smallest absolute Gasteiger partial charge is 0.300 e. The molecule has 0 fully saturated rings. The number of benzene rings is 2. The maximum Gasteiger partial charge on any atom is 0.300 e. The number of fused-ring (bicyclic) bond motifs is 1. The lowest BCUT2D eigenvalue weighted by Crippen LogP contribution is -2.25. The third kappa shape index (κ3) is 4.70. The van der Waals surface area contributed by atoms with Gasteiger partial charge in [-0.2, -0.15) is 0 Å². The van der Waals surface area contributed by atoms with Gasteiger partial charge in [-0.1, -0.05) is 36.9 Å². The van der Waals surface area contributed by atoms with E-state index in [1.165, 1.54) is 16.3 Å². The highest BCUT2D eigenvalue weighted by atomic mass is 32.2. The molecule has 0 aliphatic heterocycles. The number of nitrogens with zero attached hydrogens (tertiary/aromatic N) is 4. The SMILES string of the molecule is CC[C@H](Sc1nnc2c(=O)n(-c3ccccc3)ccn12)C(=O)Nc1cc(OC)cc(OC)c1. The highest BCUT2D eigenvalue weighted by Gasteiger charge is 2.22. The highest BCUT2D eigenvalue weighted by Crippen LogP contribution is 2.28. The molecule has 4 rings (SSSR count). The first kappa shape index (κ1) is 22.4. The van der Waals surface area contributed by atoms with Crippen LogP contribution in [0.4, 0.5) is 5.69 Å². The van der Waals surface area contributed by atoms with Gasteiger partial charge >= 0.3 is 5.56 Å². The molecule has 0 spiro atoms. The second-order valence-corrected chi connectivity index (χ2v) is 8.26. The number of hydrogen-bond acceptors (Lipinski definition) is 7. The molecule has 0 unspecified atom stereocenters. The maximum atomic E-state index is 13.0. The van der Waals surface area contributed by atoms with Crippen LogP contribution in [0.25, 0.3) is 11.3 Å². The minimum atomic E-state index is -0.453. The van der Waals surface area contributed by atoms with Crippen molar-refractivity contribution < 1.29 is 14.3 Å². The fraction of sp³-hybridized carbons (Fsp3) is 0.217. The topological polar surface area (TPSA) is 99.8 Å². The van der Waals surface area contributed by atoms with Crippen LogP contribution in [0.15, 0.2) is 70.9 Å². The predicted octanol–water partition coefficient (Wildman–Crippen LogP) is 3.41. The molecule has 1 N–H and O–H groups in total. The van der Waals surface area contributed by atoms with Crippen LogP contribution in [-0.2, 0) is 4.79 Å². The molecule has 0 saturated carbocycles. The first-order valence-corrected chi connectivity index (χ1v) is 11.1. The Morgan fingerprint density at radius 1 is 1.06 bits per heavy atom. The number of hydrogen-bond donors (Lipinski definition) is 1. The zero-order valence-corrected chi connectivity index (χ0v) is 19.2. The van der Waals surface area contributed by atoms with E-state index in [2.05, 4.69) is 15.5 Å². The van der Waals surface area contributed by atoms with E-state index < -0.39 is 5.25 Å². The molecule has 9 nitrogen and oxygen atoms in total. The molecule has 2 heterocycles. The van der Waals surface area contributed by atoms with E-state index in [1.807, 2.05) is 37.3 Å². The maximum absolute atomic E-state index is 13.0. The molecule has 2 aromatic heterocycles. The summed E-state index contributed by atoms with van der Waals surface area (Å²) >= 11 is 1.25. The van der Waals surface area contributed by atoms with Gasteiger partial charge in [0.15, 0.2) is 5.16 Å². The minimum Gasteiger partial charge on any atom is -0.497 e. The molecule has 1 amide bonds. The third-order valence-corrected chi connectivity index (χ3v) is 6.32. The summed E-state index contributed by atoms with van der Waals surface area (Å²) in [7, 11) is 3.10. The van der Waals surface area contributed by atoms with Crippen LogP contribution < -0.4 is 20.3 Å². The molecule has 0 saturated heterocycles. The molecule has 0 bridgehead atoms. The van der Waals surface area contributed by atoms with Crippen LogP contribution in [0.5, 0.6) is 11.5 Å². The number of carbonyl (C=O) groups is 1. The van der Waals surface area contributed by atoms with Gasteiger partial charge < -0.3 is 14.8 Å². The monoisotopic (exact) mass is 465 g/mol. The summed E-state index contributed by atoms with van der Waals surface area (Å²) in [6.07, 6.45) is 3.94. The van der Waals surface area contributed by atoms with Crippen molar-refractivity contribution >= 4 is 29.0 Å². The van der Waals surface area contributed by atoms with Crippen LogP contribution in [0.1, 0.15) is 13.3 Å². The van der Waals surface area contributed by atoms with Crippen molar-refractivity contribution in [3.63, 3.8) is 0 Å². The lowest BCUT2D eigenvalue weighted by molar-refractivity contribution is -0.115. The lowest BCUT2D eigenvalue weighted by Gasteiger charge is -2.15. The summed E-state index contributed by atoms with van der Waals surface area (Å²) in [5.41, 5.74) is 1.20. The number of para-hydroxylation sites is 1. The van der Waals surface area contributed by atoms with E-state index >= 15 is 0 Å². The Kier molecular flexibility index (Phi) is 6.64. The van der Waals surface area contributed by atoms with Crippen molar-refractivity contribution in [3.05, 3.63) is 71.3 Å². The van der Waals surface area contributed by atoms with Crippen LogP contribution in [-0.4, -0.2) is 44.5 Å². The van der Waals surface area contributed by atoms with Crippen molar-refractivity contribution in [2.45, 2.75) is 23.8 Å². The van der Waals surface area contributed by atoms with E-state index in [4.69, 9.17) is 9.47 Å². The number of carbonyl (C=O) groups excluding carboxylic acids is 1. The summed E-state index contributed by atoms with van der Waals surface area (Å²) in [5.74, 6) is 0.944. The molecule has 170 valence electrons. The number of amides is 1. The number of ether oxygens (including phenoxy) is 2. The van der Waals surface area contributed by atoms with Gasteiger partial charge in [0.05, 0.1) is 19.5 Å². The summed E-state index contributed by atoms with van der Waals surface area (Å²) in [4.78, 5) is 25.9. The first-order valence-electron chi connectivity index (χ1n) is 10.3. The van der Waals surface area contributed by atoms with Gasteiger partial charge in [0.2, 0.25) is 11.6 Å². The molecule has 0 radical (unpaired) electrons. The van der Waals surface area contributed by atoms with Gasteiger partial charge in [0.25, 0.3) is 0 Å². The van der Waals surface area contributed by atoms with Crippen LogP contribution >= 0.6 is 11.8 Å². The Balaban J connectivity index is 1.57. The van der Waals surface area contributed by atoms with Crippen LogP contribution in [0, 0.1) is 0 Å². The van der Waals surface area contributed by atoms with Gasteiger partial charge in [-0.3, -0.25) is 18.6 Å². The van der Waals surface area contributed by atoms with Gasteiger partial charge in [-0.15, -0.1) is 10.2 Å². The van der Waals surface area contributed by atoms with Crippen LogP contribution in [0.3, 0.4) is 0 Å². The van der Waals surface area contributed by atoms with Gasteiger partial charge in [-0.25, -0.2) is 0 Å². The summed E-state index contributed by atoms with van der Waals surface area (Å²) in [5, 5.41) is 11.2. The van der Waals surface area contributed by atoms with E-state index in [-0.39, 0.29) is 17.1 Å². The molecule has 2 aromatic carbocycles.